The fourth-order valence-electron chi connectivity index (χ4n) is 2.78. The van der Waals surface area contributed by atoms with Crippen molar-refractivity contribution in [1.82, 2.24) is 5.32 Å². The Morgan fingerprint density at radius 2 is 1.53 bits per heavy atom. The Morgan fingerprint density at radius 1 is 0.900 bits per heavy atom. The second-order valence-electron chi connectivity index (χ2n) is 6.22. The van der Waals surface area contributed by atoms with Crippen LogP contribution in [0.1, 0.15) is 31.0 Å². The lowest BCUT2D eigenvalue weighted by molar-refractivity contribution is -0.163. The number of ether oxygens (including phenoxy) is 3. The molecule has 0 heterocycles. The highest BCUT2D eigenvalue weighted by atomic mass is 35.5. The standard InChI is InChI=1S/C22H24ClNO6/c1-3-28-20(25)18(21(26)29-4-2)19(16-11-8-12-17(23)13-16)24-22(27)30-14-15-9-6-5-7-10-15/h5-13,18-19H,3-4,14H2,1-2H3,(H,24,27). The average molecular weight is 434 g/mol. The Hall–Kier alpha value is -3.06. The molecule has 2 aromatic carbocycles. The van der Waals surface area contributed by atoms with Gasteiger partial charge in [-0.3, -0.25) is 9.59 Å². The van der Waals surface area contributed by atoms with Crippen LogP contribution in [0.3, 0.4) is 0 Å². The molecule has 0 fully saturated rings. The highest BCUT2D eigenvalue weighted by Crippen LogP contribution is 2.27. The molecule has 1 N–H and O–H groups in total. The zero-order chi connectivity index (χ0) is 21.9. The van der Waals surface area contributed by atoms with Crippen molar-refractivity contribution in [2.75, 3.05) is 13.2 Å². The lowest BCUT2D eigenvalue weighted by Crippen LogP contribution is -2.42. The smallest absolute Gasteiger partial charge is 0.407 e. The van der Waals surface area contributed by atoms with E-state index in [9.17, 15) is 14.4 Å². The molecule has 0 aromatic heterocycles. The van der Waals surface area contributed by atoms with Crippen molar-refractivity contribution in [3.8, 4) is 0 Å². The van der Waals surface area contributed by atoms with E-state index in [1.807, 2.05) is 30.3 Å². The monoisotopic (exact) mass is 433 g/mol. The van der Waals surface area contributed by atoms with Crippen LogP contribution in [0.4, 0.5) is 4.79 Å². The first kappa shape index (κ1) is 23.2. The first-order chi connectivity index (χ1) is 14.5. The summed E-state index contributed by atoms with van der Waals surface area (Å²) in [7, 11) is 0. The molecular weight excluding hydrogens is 410 g/mol. The third-order valence-electron chi connectivity index (χ3n) is 4.11. The molecule has 0 saturated carbocycles. The predicted octanol–water partition coefficient (Wildman–Crippen LogP) is 4.05. The molecule has 0 aliphatic carbocycles. The minimum absolute atomic E-state index is 0.0262. The summed E-state index contributed by atoms with van der Waals surface area (Å²) in [6, 6.07) is 14.5. The van der Waals surface area contributed by atoms with Gasteiger partial charge in [0.05, 0.1) is 19.3 Å². The number of halogens is 1. The molecule has 2 rings (SSSR count). The van der Waals surface area contributed by atoms with Crippen LogP contribution in [0, 0.1) is 5.92 Å². The van der Waals surface area contributed by atoms with E-state index in [2.05, 4.69) is 5.32 Å². The molecule has 1 amide bonds. The van der Waals surface area contributed by atoms with E-state index >= 15 is 0 Å². The molecule has 7 nitrogen and oxygen atoms in total. The largest absolute Gasteiger partial charge is 0.465 e. The maximum absolute atomic E-state index is 12.6. The maximum Gasteiger partial charge on any atom is 0.407 e. The summed E-state index contributed by atoms with van der Waals surface area (Å²) < 4.78 is 15.4. The summed E-state index contributed by atoms with van der Waals surface area (Å²) in [5.41, 5.74) is 1.23. The minimum Gasteiger partial charge on any atom is -0.465 e. The van der Waals surface area contributed by atoms with Gasteiger partial charge < -0.3 is 19.5 Å². The van der Waals surface area contributed by atoms with Gasteiger partial charge in [0, 0.05) is 5.02 Å². The van der Waals surface area contributed by atoms with Gasteiger partial charge >= 0.3 is 18.0 Å². The van der Waals surface area contributed by atoms with Crippen LogP contribution in [0.15, 0.2) is 54.6 Å². The highest BCUT2D eigenvalue weighted by molar-refractivity contribution is 6.30. The summed E-state index contributed by atoms with van der Waals surface area (Å²) in [6.45, 7) is 3.40. The quantitative estimate of drug-likeness (QED) is 0.364. The maximum atomic E-state index is 12.6. The van der Waals surface area contributed by atoms with Crippen molar-refractivity contribution < 1.29 is 28.6 Å². The molecule has 160 valence electrons. The number of nitrogens with one attached hydrogen (secondary N) is 1. The zero-order valence-corrected chi connectivity index (χ0v) is 17.6. The average Bonchev–Trinajstić information content (AvgIpc) is 2.73. The Kier molecular flexibility index (Phi) is 9.15. The number of benzene rings is 2. The minimum atomic E-state index is -1.42. The Labute approximate surface area is 180 Å². The topological polar surface area (TPSA) is 90.9 Å². The number of amides is 1. The number of carbonyl (C=O) groups is 3. The summed E-state index contributed by atoms with van der Waals surface area (Å²) in [6.07, 6.45) is -0.803. The Balaban J connectivity index is 2.28. The Morgan fingerprint density at radius 3 is 2.10 bits per heavy atom. The van der Waals surface area contributed by atoms with Gasteiger partial charge in [-0.15, -0.1) is 0 Å². The molecular formula is C22H24ClNO6. The van der Waals surface area contributed by atoms with Crippen molar-refractivity contribution in [2.24, 2.45) is 5.92 Å². The first-order valence-corrected chi connectivity index (χ1v) is 9.90. The van der Waals surface area contributed by atoms with Gasteiger partial charge in [-0.25, -0.2) is 4.79 Å². The predicted molar refractivity (Wildman–Crippen MR) is 111 cm³/mol. The first-order valence-electron chi connectivity index (χ1n) is 9.52. The van der Waals surface area contributed by atoms with E-state index in [1.165, 1.54) is 0 Å². The molecule has 0 spiro atoms. The van der Waals surface area contributed by atoms with E-state index in [-0.39, 0.29) is 19.8 Å². The fourth-order valence-corrected chi connectivity index (χ4v) is 2.98. The lowest BCUT2D eigenvalue weighted by atomic mass is 9.93. The number of hydrogen-bond acceptors (Lipinski definition) is 6. The van der Waals surface area contributed by atoms with Crippen LogP contribution >= 0.6 is 11.6 Å². The molecule has 0 saturated heterocycles. The molecule has 30 heavy (non-hydrogen) atoms. The van der Waals surface area contributed by atoms with Crippen LogP contribution in [0.2, 0.25) is 5.02 Å². The second kappa shape index (κ2) is 11.8. The molecule has 0 radical (unpaired) electrons. The van der Waals surface area contributed by atoms with E-state index in [4.69, 9.17) is 25.8 Å². The van der Waals surface area contributed by atoms with Crippen LogP contribution < -0.4 is 5.32 Å². The van der Waals surface area contributed by atoms with Gasteiger partial charge in [-0.05, 0) is 37.1 Å². The number of esters is 2. The molecule has 0 aliphatic heterocycles. The summed E-state index contributed by atoms with van der Waals surface area (Å²) in [5, 5.41) is 2.97. The van der Waals surface area contributed by atoms with Gasteiger partial charge in [0.1, 0.15) is 6.61 Å². The lowest BCUT2D eigenvalue weighted by Gasteiger charge is -2.25. The second-order valence-corrected chi connectivity index (χ2v) is 6.66. The van der Waals surface area contributed by atoms with Crippen molar-refractivity contribution >= 4 is 29.6 Å². The SMILES string of the molecule is CCOC(=O)C(C(=O)OCC)C(NC(=O)OCc1ccccc1)c1cccc(Cl)c1. The molecule has 0 aliphatic rings. The Bertz CT molecular complexity index is 840. The van der Waals surface area contributed by atoms with Crippen LogP contribution in [-0.2, 0) is 30.4 Å². The van der Waals surface area contributed by atoms with E-state index < -0.39 is 30.0 Å². The van der Waals surface area contributed by atoms with Gasteiger partial charge in [-0.2, -0.15) is 0 Å². The number of hydrogen-bond donors (Lipinski definition) is 1. The van der Waals surface area contributed by atoms with Crippen LogP contribution in [-0.4, -0.2) is 31.2 Å². The van der Waals surface area contributed by atoms with Gasteiger partial charge in [0.15, 0.2) is 5.92 Å². The van der Waals surface area contributed by atoms with E-state index in [0.29, 0.717) is 10.6 Å². The van der Waals surface area contributed by atoms with Crippen molar-refractivity contribution in [3.63, 3.8) is 0 Å². The number of rotatable bonds is 9. The molecule has 0 bridgehead atoms. The fraction of sp³-hybridized carbons (Fsp3) is 0.318. The van der Waals surface area contributed by atoms with Gasteiger partial charge in [0.25, 0.3) is 0 Å². The summed E-state index contributed by atoms with van der Waals surface area (Å²) in [5.74, 6) is -3.05. The summed E-state index contributed by atoms with van der Waals surface area (Å²) >= 11 is 6.08. The van der Waals surface area contributed by atoms with Gasteiger partial charge in [0.2, 0.25) is 0 Å². The van der Waals surface area contributed by atoms with E-state index in [0.717, 1.165) is 5.56 Å². The third kappa shape index (κ3) is 6.77. The number of alkyl carbamates (subject to hydrolysis) is 1. The normalized spacial score (nSPS) is 11.5. The number of carbonyl (C=O) groups excluding carboxylic acids is 3. The zero-order valence-electron chi connectivity index (χ0n) is 16.8. The summed E-state index contributed by atoms with van der Waals surface area (Å²) in [4.78, 5) is 37.6. The van der Waals surface area contributed by atoms with Crippen molar-refractivity contribution in [1.29, 1.82) is 0 Å². The van der Waals surface area contributed by atoms with Gasteiger partial charge in [-0.1, -0.05) is 54.1 Å². The molecule has 8 heteroatoms. The van der Waals surface area contributed by atoms with Crippen LogP contribution in [0.5, 0.6) is 0 Å². The molecule has 2 aromatic rings. The molecule has 1 atom stereocenters. The van der Waals surface area contributed by atoms with Crippen LogP contribution in [0.25, 0.3) is 0 Å². The highest BCUT2D eigenvalue weighted by Gasteiger charge is 2.40. The van der Waals surface area contributed by atoms with E-state index in [1.54, 1.807) is 38.1 Å². The molecule has 1 unspecified atom stereocenters. The van der Waals surface area contributed by atoms with Crippen molar-refractivity contribution in [2.45, 2.75) is 26.5 Å². The van der Waals surface area contributed by atoms with Crippen molar-refractivity contribution in [3.05, 3.63) is 70.7 Å². The third-order valence-corrected chi connectivity index (χ3v) is 4.34.